The van der Waals surface area contributed by atoms with Gasteiger partial charge in [-0.15, -0.1) is 11.8 Å². The number of nitrogens with one attached hydrogen (secondary N) is 3. The number of benzene rings is 2. The summed E-state index contributed by atoms with van der Waals surface area (Å²) in [7, 11) is 1.31. The molecule has 3 rings (SSSR count). The van der Waals surface area contributed by atoms with Gasteiger partial charge in [-0.25, -0.2) is 4.79 Å². The van der Waals surface area contributed by atoms with E-state index < -0.39 is 5.97 Å². The van der Waals surface area contributed by atoms with E-state index in [1.807, 2.05) is 24.3 Å². The third kappa shape index (κ3) is 6.48. The molecule has 1 aliphatic rings. The summed E-state index contributed by atoms with van der Waals surface area (Å²) in [5.74, 6) is -0.0833. The first-order chi connectivity index (χ1) is 14.4. The van der Waals surface area contributed by atoms with Crippen molar-refractivity contribution in [2.75, 3.05) is 12.4 Å². The molecule has 1 saturated heterocycles. The molecule has 0 spiro atoms. The largest absolute Gasteiger partial charge is 0.465 e. The summed E-state index contributed by atoms with van der Waals surface area (Å²) < 4.78 is 4.65. The van der Waals surface area contributed by atoms with Crippen LogP contribution >= 0.6 is 23.4 Å². The van der Waals surface area contributed by atoms with Crippen molar-refractivity contribution < 1.29 is 19.1 Å². The Bertz CT molecular complexity index is 923. The highest BCUT2D eigenvalue weighted by molar-refractivity contribution is 7.99. The van der Waals surface area contributed by atoms with Gasteiger partial charge in [-0.2, -0.15) is 0 Å². The number of carbonyl (C=O) groups excluding carboxylic acids is 3. The van der Waals surface area contributed by atoms with Crippen LogP contribution in [0.3, 0.4) is 0 Å². The van der Waals surface area contributed by atoms with Gasteiger partial charge < -0.3 is 15.4 Å². The minimum absolute atomic E-state index is 0.0995. The maximum absolute atomic E-state index is 12.4. The second kappa shape index (κ2) is 10.5. The van der Waals surface area contributed by atoms with E-state index in [0.29, 0.717) is 22.0 Å². The van der Waals surface area contributed by atoms with Gasteiger partial charge in [0.1, 0.15) is 5.50 Å². The molecule has 0 aromatic heterocycles. The van der Waals surface area contributed by atoms with E-state index in [0.717, 1.165) is 5.56 Å². The van der Waals surface area contributed by atoms with Crippen LogP contribution in [0.5, 0.6) is 0 Å². The van der Waals surface area contributed by atoms with Crippen molar-refractivity contribution >= 4 is 46.8 Å². The molecule has 2 aromatic rings. The highest BCUT2D eigenvalue weighted by Crippen LogP contribution is 2.21. The Morgan fingerprint density at radius 2 is 2.00 bits per heavy atom. The second-order valence-corrected chi connectivity index (χ2v) is 8.31. The normalized spacial score (nSPS) is 18.4. The van der Waals surface area contributed by atoms with Gasteiger partial charge in [0.25, 0.3) is 0 Å². The fraction of sp³-hybridized carbons (Fsp3) is 0.286. The average Bonchev–Trinajstić information content (AvgIpc) is 2.72. The van der Waals surface area contributed by atoms with Crippen LogP contribution in [-0.4, -0.2) is 36.4 Å². The SMILES string of the molecule is COC(=O)c1ccc(NC(=O)CC2CC(=O)NC(SCc3cccc(Cl)c3)N2)cc1. The summed E-state index contributed by atoms with van der Waals surface area (Å²) in [6, 6.07) is 13.7. The third-order valence-electron chi connectivity index (χ3n) is 4.44. The summed E-state index contributed by atoms with van der Waals surface area (Å²) in [6.45, 7) is 0. The predicted molar refractivity (Wildman–Crippen MR) is 117 cm³/mol. The number of hydrogen-bond acceptors (Lipinski definition) is 6. The molecule has 0 bridgehead atoms. The van der Waals surface area contributed by atoms with Gasteiger partial charge in [0.05, 0.1) is 12.7 Å². The Hall–Kier alpha value is -2.55. The van der Waals surface area contributed by atoms with Gasteiger partial charge in [-0.05, 0) is 42.0 Å². The molecule has 0 saturated carbocycles. The lowest BCUT2D eigenvalue weighted by atomic mass is 10.1. The van der Waals surface area contributed by atoms with Crippen molar-refractivity contribution in [1.82, 2.24) is 10.6 Å². The number of methoxy groups -OCH3 is 1. The predicted octanol–water partition coefficient (Wildman–Crippen LogP) is 3.15. The van der Waals surface area contributed by atoms with E-state index in [1.165, 1.54) is 18.9 Å². The molecule has 2 atom stereocenters. The lowest BCUT2D eigenvalue weighted by molar-refractivity contribution is -0.124. The summed E-state index contributed by atoms with van der Waals surface area (Å²) in [5, 5.41) is 9.63. The molecular weight excluding hydrogens is 426 g/mol. The number of hydrogen-bond donors (Lipinski definition) is 3. The monoisotopic (exact) mass is 447 g/mol. The summed E-state index contributed by atoms with van der Waals surface area (Å²) in [4.78, 5) is 35.9. The minimum atomic E-state index is -0.438. The molecule has 2 amide bonds. The molecule has 1 heterocycles. The van der Waals surface area contributed by atoms with Gasteiger partial charge in [-0.1, -0.05) is 23.7 Å². The van der Waals surface area contributed by atoms with E-state index in [1.54, 1.807) is 24.3 Å². The Kier molecular flexibility index (Phi) is 7.73. The van der Waals surface area contributed by atoms with Gasteiger partial charge in [0.15, 0.2) is 0 Å². The number of anilines is 1. The zero-order valence-electron chi connectivity index (χ0n) is 16.3. The number of esters is 1. The van der Waals surface area contributed by atoms with Crippen LogP contribution in [0.1, 0.15) is 28.8 Å². The number of halogens is 1. The molecule has 2 unspecified atom stereocenters. The van der Waals surface area contributed by atoms with Crippen LogP contribution in [-0.2, 0) is 20.1 Å². The zero-order chi connectivity index (χ0) is 21.5. The number of thioether (sulfide) groups is 1. The van der Waals surface area contributed by atoms with Crippen LogP contribution < -0.4 is 16.0 Å². The van der Waals surface area contributed by atoms with Crippen molar-refractivity contribution in [2.24, 2.45) is 0 Å². The van der Waals surface area contributed by atoms with Gasteiger partial charge in [0.2, 0.25) is 11.8 Å². The average molecular weight is 448 g/mol. The summed E-state index contributed by atoms with van der Waals surface area (Å²) in [6.07, 6.45) is 0.378. The summed E-state index contributed by atoms with van der Waals surface area (Å²) >= 11 is 7.53. The first-order valence-electron chi connectivity index (χ1n) is 9.32. The fourth-order valence-electron chi connectivity index (χ4n) is 3.01. The Balaban J connectivity index is 1.50. The van der Waals surface area contributed by atoms with E-state index in [9.17, 15) is 14.4 Å². The number of rotatable bonds is 7. The highest BCUT2D eigenvalue weighted by atomic mass is 35.5. The topological polar surface area (TPSA) is 96.5 Å². The van der Waals surface area contributed by atoms with Crippen LogP contribution in [0, 0.1) is 0 Å². The fourth-order valence-corrected chi connectivity index (χ4v) is 4.27. The zero-order valence-corrected chi connectivity index (χ0v) is 17.9. The standard InChI is InChI=1S/C21H22ClN3O4S/c1-29-20(28)14-5-7-16(8-6-14)23-18(26)10-17-11-19(27)25-21(24-17)30-12-13-3-2-4-15(22)9-13/h2-9,17,21,24H,10-12H2,1H3,(H,23,26)(H,25,27). The van der Waals surface area contributed by atoms with E-state index >= 15 is 0 Å². The maximum atomic E-state index is 12.4. The maximum Gasteiger partial charge on any atom is 0.337 e. The highest BCUT2D eigenvalue weighted by Gasteiger charge is 2.27. The van der Waals surface area contributed by atoms with Gasteiger partial charge in [0, 0.05) is 35.3 Å². The van der Waals surface area contributed by atoms with Gasteiger partial charge >= 0.3 is 5.97 Å². The lowest BCUT2D eigenvalue weighted by Crippen LogP contribution is -2.55. The molecule has 1 fully saturated rings. The Morgan fingerprint density at radius 1 is 1.23 bits per heavy atom. The van der Waals surface area contributed by atoms with Crippen LogP contribution in [0.25, 0.3) is 0 Å². The van der Waals surface area contributed by atoms with Gasteiger partial charge in [-0.3, -0.25) is 14.9 Å². The molecule has 9 heteroatoms. The molecule has 2 aromatic carbocycles. The summed E-state index contributed by atoms with van der Waals surface area (Å²) in [5.41, 5.74) is 1.74. The molecule has 158 valence electrons. The Labute approximate surface area is 183 Å². The van der Waals surface area contributed by atoms with Crippen LogP contribution in [0.2, 0.25) is 5.02 Å². The van der Waals surface area contributed by atoms with Crippen molar-refractivity contribution in [3.05, 3.63) is 64.7 Å². The van der Waals surface area contributed by atoms with Crippen molar-refractivity contribution in [1.29, 1.82) is 0 Å². The Morgan fingerprint density at radius 3 is 2.70 bits per heavy atom. The number of ether oxygens (including phenoxy) is 1. The molecule has 0 radical (unpaired) electrons. The van der Waals surface area contributed by atoms with Crippen LogP contribution in [0.15, 0.2) is 48.5 Å². The lowest BCUT2D eigenvalue weighted by Gasteiger charge is -2.31. The molecule has 1 aliphatic heterocycles. The molecule has 0 aliphatic carbocycles. The first-order valence-corrected chi connectivity index (χ1v) is 10.8. The molecular formula is C21H22ClN3O4S. The molecule has 3 N–H and O–H groups in total. The van der Waals surface area contributed by atoms with Crippen molar-refractivity contribution in [3.8, 4) is 0 Å². The van der Waals surface area contributed by atoms with Crippen molar-refractivity contribution in [2.45, 2.75) is 30.1 Å². The smallest absolute Gasteiger partial charge is 0.337 e. The number of carbonyl (C=O) groups is 3. The minimum Gasteiger partial charge on any atom is -0.465 e. The molecule has 7 nitrogen and oxygen atoms in total. The van der Waals surface area contributed by atoms with E-state index in [-0.39, 0.29) is 36.2 Å². The first kappa shape index (κ1) is 22.1. The third-order valence-corrected chi connectivity index (χ3v) is 5.76. The van der Waals surface area contributed by atoms with E-state index in [2.05, 4.69) is 20.7 Å². The van der Waals surface area contributed by atoms with Crippen molar-refractivity contribution in [3.63, 3.8) is 0 Å². The van der Waals surface area contributed by atoms with Crippen LogP contribution in [0.4, 0.5) is 5.69 Å². The molecule has 30 heavy (non-hydrogen) atoms. The quantitative estimate of drug-likeness (QED) is 0.564. The second-order valence-electron chi connectivity index (χ2n) is 6.78. The van der Waals surface area contributed by atoms with E-state index in [4.69, 9.17) is 11.6 Å². The number of amides is 2.